The number of piperazine rings is 1. The molecule has 2 heterocycles. The van der Waals surface area contributed by atoms with E-state index >= 15 is 0 Å². The number of amides is 1. The summed E-state index contributed by atoms with van der Waals surface area (Å²) in [5, 5.41) is 3.61. The van der Waals surface area contributed by atoms with Crippen molar-refractivity contribution in [1.29, 1.82) is 0 Å². The summed E-state index contributed by atoms with van der Waals surface area (Å²) in [6.45, 7) is 5.76. The fourth-order valence-corrected chi connectivity index (χ4v) is 5.04. The molecule has 0 radical (unpaired) electrons. The Morgan fingerprint density at radius 2 is 1.67 bits per heavy atom. The number of para-hydroxylation sites is 2. The van der Waals surface area contributed by atoms with Gasteiger partial charge in [-0.25, -0.2) is 0 Å². The minimum absolute atomic E-state index is 0.0956. The SMILES string of the molecule is CCc1cc(C(=O)c2ccccc2OC)c(NC(=O)CN2CCN(c3ccccc3)CC2)s1. The minimum atomic E-state index is -0.143. The van der Waals surface area contributed by atoms with Crippen molar-refractivity contribution in [1.82, 2.24) is 4.90 Å². The Labute approximate surface area is 198 Å². The number of anilines is 2. The molecule has 0 saturated carbocycles. The van der Waals surface area contributed by atoms with Crippen molar-refractivity contribution in [2.45, 2.75) is 13.3 Å². The monoisotopic (exact) mass is 463 g/mol. The van der Waals surface area contributed by atoms with Gasteiger partial charge in [-0.1, -0.05) is 37.3 Å². The highest BCUT2D eigenvalue weighted by Crippen LogP contribution is 2.32. The molecule has 0 bridgehead atoms. The van der Waals surface area contributed by atoms with Crippen LogP contribution in [0.2, 0.25) is 0 Å². The van der Waals surface area contributed by atoms with Crippen LogP contribution in [-0.2, 0) is 11.2 Å². The van der Waals surface area contributed by atoms with Crippen molar-refractivity contribution < 1.29 is 14.3 Å². The lowest BCUT2D eigenvalue weighted by Crippen LogP contribution is -2.48. The Morgan fingerprint density at radius 3 is 2.36 bits per heavy atom. The smallest absolute Gasteiger partial charge is 0.239 e. The summed E-state index contributed by atoms with van der Waals surface area (Å²) in [7, 11) is 1.55. The normalized spacial score (nSPS) is 14.2. The molecule has 0 aliphatic carbocycles. The van der Waals surface area contributed by atoms with Gasteiger partial charge in [0, 0.05) is 36.7 Å². The highest BCUT2D eigenvalue weighted by atomic mass is 32.1. The lowest BCUT2D eigenvalue weighted by molar-refractivity contribution is -0.117. The van der Waals surface area contributed by atoms with E-state index in [0.29, 0.717) is 28.4 Å². The first-order valence-corrected chi connectivity index (χ1v) is 12.0. The van der Waals surface area contributed by atoms with Gasteiger partial charge in [-0.15, -0.1) is 11.3 Å². The lowest BCUT2D eigenvalue weighted by atomic mass is 10.0. The molecule has 7 heteroatoms. The average Bonchev–Trinajstić information content (AvgIpc) is 3.27. The Bertz CT molecular complexity index is 1100. The molecule has 1 aliphatic rings. The second-order valence-electron chi connectivity index (χ2n) is 7.99. The Balaban J connectivity index is 1.41. The standard InChI is InChI=1S/C26H29N3O3S/c1-3-20-17-22(25(31)21-11-7-8-12-23(21)32-2)26(33-20)27-24(30)18-28-13-15-29(16-14-28)19-9-5-4-6-10-19/h4-12,17H,3,13-16,18H2,1-2H3,(H,27,30). The number of thiophene rings is 1. The summed E-state index contributed by atoms with van der Waals surface area (Å²) in [5.74, 6) is 0.289. The van der Waals surface area contributed by atoms with Crippen LogP contribution in [0.1, 0.15) is 27.7 Å². The summed E-state index contributed by atoms with van der Waals surface area (Å²) < 4.78 is 5.37. The van der Waals surface area contributed by atoms with Gasteiger partial charge < -0.3 is 15.0 Å². The van der Waals surface area contributed by atoms with Crippen LogP contribution in [0.5, 0.6) is 5.75 Å². The fraction of sp³-hybridized carbons (Fsp3) is 0.308. The van der Waals surface area contributed by atoms with Crippen LogP contribution in [-0.4, -0.2) is 56.4 Å². The summed E-state index contributed by atoms with van der Waals surface area (Å²) in [6, 6.07) is 19.4. The molecule has 0 unspecified atom stereocenters. The van der Waals surface area contributed by atoms with Crippen LogP contribution < -0.4 is 15.0 Å². The second kappa shape index (κ2) is 10.6. The molecule has 1 saturated heterocycles. The highest BCUT2D eigenvalue weighted by Gasteiger charge is 2.23. The van der Waals surface area contributed by atoms with Gasteiger partial charge in [-0.2, -0.15) is 0 Å². The third-order valence-electron chi connectivity index (χ3n) is 5.84. The second-order valence-corrected chi connectivity index (χ2v) is 9.12. The van der Waals surface area contributed by atoms with Gasteiger partial charge in [-0.3, -0.25) is 14.5 Å². The molecule has 0 atom stereocenters. The Kier molecular flexibility index (Phi) is 7.42. The first-order chi connectivity index (χ1) is 16.1. The Morgan fingerprint density at radius 1 is 0.970 bits per heavy atom. The molecule has 2 aromatic carbocycles. The number of carbonyl (C=O) groups excluding carboxylic acids is 2. The zero-order valence-electron chi connectivity index (χ0n) is 19.0. The summed E-state index contributed by atoms with van der Waals surface area (Å²) >= 11 is 1.46. The van der Waals surface area contributed by atoms with E-state index in [0.717, 1.165) is 37.5 Å². The molecular formula is C26H29N3O3S. The number of aryl methyl sites for hydroxylation is 1. The Hall–Kier alpha value is -3.16. The molecule has 1 aromatic heterocycles. The van der Waals surface area contributed by atoms with Crippen molar-refractivity contribution in [3.05, 3.63) is 76.7 Å². The number of benzene rings is 2. The van der Waals surface area contributed by atoms with E-state index in [-0.39, 0.29) is 11.7 Å². The van der Waals surface area contributed by atoms with Crippen LogP contribution >= 0.6 is 11.3 Å². The van der Waals surface area contributed by atoms with Crippen molar-refractivity contribution in [3.63, 3.8) is 0 Å². The van der Waals surface area contributed by atoms with Crippen LogP contribution in [0.25, 0.3) is 0 Å². The van der Waals surface area contributed by atoms with Gasteiger partial charge in [0.1, 0.15) is 10.8 Å². The first kappa shape index (κ1) is 23.0. The van der Waals surface area contributed by atoms with Crippen molar-refractivity contribution in [2.24, 2.45) is 0 Å². The van der Waals surface area contributed by atoms with Gasteiger partial charge in [-0.05, 0) is 36.8 Å². The summed E-state index contributed by atoms with van der Waals surface area (Å²) in [4.78, 5) is 31.7. The molecule has 33 heavy (non-hydrogen) atoms. The zero-order valence-corrected chi connectivity index (χ0v) is 19.9. The maximum absolute atomic E-state index is 13.3. The molecule has 1 amide bonds. The fourth-order valence-electron chi connectivity index (χ4n) is 4.03. The number of methoxy groups -OCH3 is 1. The third kappa shape index (κ3) is 5.43. The van der Waals surface area contributed by atoms with Gasteiger partial charge in [0.25, 0.3) is 0 Å². The summed E-state index contributed by atoms with van der Waals surface area (Å²) in [6.07, 6.45) is 0.800. The predicted octanol–water partition coefficient (Wildman–Crippen LogP) is 4.31. The number of rotatable bonds is 8. The van der Waals surface area contributed by atoms with E-state index in [1.165, 1.54) is 17.0 Å². The maximum atomic E-state index is 13.3. The zero-order chi connectivity index (χ0) is 23.2. The molecule has 3 aromatic rings. The number of nitrogens with zero attached hydrogens (tertiary/aromatic N) is 2. The molecule has 1 aliphatic heterocycles. The van der Waals surface area contributed by atoms with Gasteiger partial charge in [0.05, 0.1) is 24.8 Å². The predicted molar refractivity (Wildman–Crippen MR) is 134 cm³/mol. The lowest BCUT2D eigenvalue weighted by Gasteiger charge is -2.35. The molecule has 172 valence electrons. The maximum Gasteiger partial charge on any atom is 0.239 e. The summed E-state index contributed by atoms with van der Waals surface area (Å²) in [5.41, 5.74) is 2.23. The van der Waals surface area contributed by atoms with E-state index in [2.05, 4.69) is 27.2 Å². The average molecular weight is 464 g/mol. The van der Waals surface area contributed by atoms with Gasteiger partial charge in [0.2, 0.25) is 5.91 Å². The number of carbonyl (C=O) groups is 2. The number of ether oxygens (including phenoxy) is 1. The van der Waals surface area contributed by atoms with Gasteiger partial charge in [0.15, 0.2) is 5.78 Å². The number of nitrogens with one attached hydrogen (secondary N) is 1. The van der Waals surface area contributed by atoms with E-state index in [1.54, 1.807) is 19.2 Å². The van der Waals surface area contributed by atoms with Crippen LogP contribution in [0, 0.1) is 0 Å². The van der Waals surface area contributed by atoms with E-state index in [9.17, 15) is 9.59 Å². The molecule has 0 spiro atoms. The molecular weight excluding hydrogens is 434 g/mol. The molecule has 1 fully saturated rings. The van der Waals surface area contributed by atoms with E-state index < -0.39 is 0 Å². The number of hydrogen-bond donors (Lipinski definition) is 1. The van der Waals surface area contributed by atoms with Crippen molar-refractivity contribution >= 4 is 33.7 Å². The quantitative estimate of drug-likeness (QED) is 0.505. The minimum Gasteiger partial charge on any atom is -0.496 e. The topological polar surface area (TPSA) is 61.9 Å². The highest BCUT2D eigenvalue weighted by molar-refractivity contribution is 7.16. The van der Waals surface area contributed by atoms with Crippen molar-refractivity contribution in [3.8, 4) is 5.75 Å². The van der Waals surface area contributed by atoms with Crippen LogP contribution in [0.3, 0.4) is 0 Å². The van der Waals surface area contributed by atoms with E-state index in [4.69, 9.17) is 4.74 Å². The van der Waals surface area contributed by atoms with Gasteiger partial charge >= 0.3 is 0 Å². The molecule has 4 rings (SSSR count). The van der Waals surface area contributed by atoms with Crippen LogP contribution in [0.4, 0.5) is 10.7 Å². The van der Waals surface area contributed by atoms with Crippen molar-refractivity contribution in [2.75, 3.05) is 50.1 Å². The van der Waals surface area contributed by atoms with Crippen LogP contribution in [0.15, 0.2) is 60.7 Å². The van der Waals surface area contributed by atoms with E-state index in [1.807, 2.05) is 43.3 Å². The third-order valence-corrected chi connectivity index (χ3v) is 7.04. The number of hydrogen-bond acceptors (Lipinski definition) is 6. The largest absolute Gasteiger partial charge is 0.496 e. The molecule has 6 nitrogen and oxygen atoms in total. The number of ketones is 1. The molecule has 1 N–H and O–H groups in total. The first-order valence-electron chi connectivity index (χ1n) is 11.2.